The molecule has 0 aliphatic heterocycles. The van der Waals surface area contributed by atoms with E-state index in [1.807, 2.05) is 19.9 Å². The van der Waals surface area contributed by atoms with Crippen LogP contribution in [0.3, 0.4) is 0 Å². The molecule has 8 unspecified atom stereocenters. The molecule has 50 heavy (non-hydrogen) atoms. The molecule has 3 fully saturated rings. The molecular formula is C38H45ClF3NO6S. The van der Waals surface area contributed by atoms with E-state index in [0.717, 1.165) is 24.6 Å². The van der Waals surface area contributed by atoms with Crippen LogP contribution in [0.15, 0.2) is 58.6 Å². The van der Waals surface area contributed by atoms with E-state index in [4.69, 9.17) is 16.0 Å². The number of furan rings is 1. The molecule has 2 spiro atoms. The van der Waals surface area contributed by atoms with Gasteiger partial charge >= 0.3 is 6.18 Å². The molecule has 1 aromatic heterocycles. The van der Waals surface area contributed by atoms with E-state index in [-0.39, 0.29) is 45.9 Å². The molecule has 8 rings (SSSR count). The lowest BCUT2D eigenvalue weighted by molar-refractivity contribution is -0.173. The highest BCUT2D eigenvalue weighted by atomic mass is 35.5. The number of aliphatic hydroxyl groups excluding tert-OH is 1. The number of sulfonamides is 1. The third kappa shape index (κ3) is 5.00. The third-order valence-electron chi connectivity index (χ3n) is 13.7. The Kier molecular flexibility index (Phi) is 8.29. The first-order valence-corrected chi connectivity index (χ1v) is 19.8. The van der Waals surface area contributed by atoms with E-state index in [0.29, 0.717) is 57.1 Å². The van der Waals surface area contributed by atoms with Crippen molar-refractivity contribution in [3.05, 3.63) is 70.5 Å². The average Bonchev–Trinajstić information content (AvgIpc) is 3.62. The van der Waals surface area contributed by atoms with E-state index in [2.05, 4.69) is 19.1 Å². The average molecular weight is 736 g/mol. The standard InChI is InChI=1S/C38H45ClF3NO6S/c1-5-18-43(50(4,47)48)22-36(46)15-12-31-34(36,3)14-11-30-33(2)13-10-24(44)20-35(33)16-17-37(30,31)26(21-35)32(45)29-9-8-28(49-29)25-19-23(38(40,41)42)6-7-27(25)39/h6-9,16-17,19,21,24,30-31,44,46H,5,10-15,18,20,22H2,1-4H3. The van der Waals surface area contributed by atoms with Gasteiger partial charge in [-0.15, -0.1) is 0 Å². The number of carbonyl (C=O) groups excluding carboxylic acids is 1. The third-order valence-corrected chi connectivity index (χ3v) is 15.3. The Bertz CT molecular complexity index is 1910. The summed E-state index contributed by atoms with van der Waals surface area (Å²) in [5.41, 5.74) is -4.15. The number of fused-ring (bicyclic) bond motifs is 1. The van der Waals surface area contributed by atoms with Crippen LogP contribution >= 0.6 is 11.6 Å². The Balaban J connectivity index is 1.34. The summed E-state index contributed by atoms with van der Waals surface area (Å²) in [4.78, 5) is 14.9. The fourth-order valence-corrected chi connectivity index (χ4v) is 12.3. The second kappa shape index (κ2) is 11.5. The molecule has 8 atom stereocenters. The van der Waals surface area contributed by atoms with Crippen LogP contribution in [0, 0.1) is 33.5 Å². The molecule has 0 amide bonds. The number of Topliss-reactive ketones (excluding diaryl/α,β-unsaturated/α-hetero) is 1. The van der Waals surface area contributed by atoms with Crippen molar-refractivity contribution < 1.29 is 41.0 Å². The predicted octanol–water partition coefficient (Wildman–Crippen LogP) is 8.06. The number of halogens is 4. The van der Waals surface area contributed by atoms with Gasteiger partial charge in [0, 0.05) is 40.5 Å². The summed E-state index contributed by atoms with van der Waals surface area (Å²) in [5.74, 6) is -0.616. The van der Waals surface area contributed by atoms with Crippen LogP contribution in [0.1, 0.15) is 88.3 Å². The molecule has 1 aromatic carbocycles. The monoisotopic (exact) mass is 735 g/mol. The number of hydrogen-bond acceptors (Lipinski definition) is 6. The topological polar surface area (TPSA) is 108 Å². The second-order valence-corrected chi connectivity index (χ2v) is 18.5. The molecule has 6 aliphatic rings. The van der Waals surface area contributed by atoms with E-state index < -0.39 is 55.5 Å². The summed E-state index contributed by atoms with van der Waals surface area (Å²) in [6.07, 6.45) is 7.09. The number of carbonyl (C=O) groups is 1. The second-order valence-electron chi connectivity index (χ2n) is 16.1. The highest BCUT2D eigenvalue weighted by Crippen LogP contribution is 2.78. The van der Waals surface area contributed by atoms with Gasteiger partial charge in [0.05, 0.1) is 28.5 Å². The summed E-state index contributed by atoms with van der Waals surface area (Å²) < 4.78 is 73.8. The lowest BCUT2D eigenvalue weighted by atomic mass is 9.32. The molecule has 2 aromatic rings. The van der Waals surface area contributed by atoms with Crippen molar-refractivity contribution in [2.45, 2.75) is 90.0 Å². The Morgan fingerprint density at radius 2 is 1.72 bits per heavy atom. The minimum absolute atomic E-state index is 0.00845. The van der Waals surface area contributed by atoms with Crippen molar-refractivity contribution in [1.82, 2.24) is 4.31 Å². The maximum Gasteiger partial charge on any atom is 0.416 e. The van der Waals surface area contributed by atoms with Crippen molar-refractivity contribution in [2.24, 2.45) is 33.5 Å². The molecule has 1 heterocycles. The fraction of sp³-hybridized carbons (Fsp3) is 0.605. The summed E-state index contributed by atoms with van der Waals surface area (Å²) in [7, 11) is -3.59. The van der Waals surface area contributed by atoms with Crippen LogP contribution in [0.4, 0.5) is 13.2 Å². The molecule has 12 heteroatoms. The van der Waals surface area contributed by atoms with Gasteiger partial charge in [-0.2, -0.15) is 17.5 Å². The van der Waals surface area contributed by atoms with Crippen LogP contribution < -0.4 is 0 Å². The number of allylic oxidation sites excluding steroid dienone is 4. The summed E-state index contributed by atoms with van der Waals surface area (Å²) in [6, 6.07) is 5.89. The zero-order valence-electron chi connectivity index (χ0n) is 28.8. The van der Waals surface area contributed by atoms with E-state index >= 15 is 0 Å². The zero-order valence-corrected chi connectivity index (χ0v) is 30.4. The first kappa shape index (κ1) is 35.9. The molecule has 0 radical (unpaired) electrons. The van der Waals surface area contributed by atoms with Gasteiger partial charge in [0.15, 0.2) is 5.76 Å². The summed E-state index contributed by atoms with van der Waals surface area (Å²) >= 11 is 6.33. The number of nitrogens with zero attached hydrogens (tertiary/aromatic N) is 1. The Morgan fingerprint density at radius 1 is 1.04 bits per heavy atom. The van der Waals surface area contributed by atoms with Crippen molar-refractivity contribution in [1.29, 1.82) is 0 Å². The number of hydrogen-bond donors (Lipinski definition) is 2. The van der Waals surface area contributed by atoms with Gasteiger partial charge in [0.2, 0.25) is 15.8 Å². The largest absolute Gasteiger partial charge is 0.453 e. The Labute approximate surface area is 296 Å². The van der Waals surface area contributed by atoms with Gasteiger partial charge in [-0.25, -0.2) is 8.42 Å². The minimum Gasteiger partial charge on any atom is -0.453 e. The normalized spacial score (nSPS) is 37.7. The first-order chi connectivity index (χ1) is 23.2. The summed E-state index contributed by atoms with van der Waals surface area (Å²) in [6.45, 7) is 6.46. The molecular weight excluding hydrogens is 691 g/mol. The van der Waals surface area contributed by atoms with Crippen LogP contribution in [0.2, 0.25) is 5.02 Å². The Hall–Kier alpha value is -2.44. The van der Waals surface area contributed by atoms with Crippen LogP contribution in [-0.2, 0) is 16.2 Å². The smallest absolute Gasteiger partial charge is 0.416 e. The van der Waals surface area contributed by atoms with Gasteiger partial charge in [-0.3, -0.25) is 4.79 Å². The molecule has 0 saturated heterocycles. The Morgan fingerprint density at radius 3 is 2.40 bits per heavy atom. The van der Waals surface area contributed by atoms with Crippen LogP contribution in [-0.4, -0.2) is 59.8 Å². The minimum atomic E-state index is -4.60. The summed E-state index contributed by atoms with van der Waals surface area (Å²) in [5, 5.41) is 23.6. The molecule has 2 bridgehead atoms. The number of ketones is 1. The maximum absolute atomic E-state index is 14.9. The van der Waals surface area contributed by atoms with Crippen molar-refractivity contribution in [3.8, 4) is 11.3 Å². The molecule has 6 aliphatic carbocycles. The first-order valence-electron chi connectivity index (χ1n) is 17.6. The molecule has 3 saturated carbocycles. The SMILES string of the molecule is CCCN(CC1(O)CCC2C34C=CC5(C=C3C(=O)c3ccc(-c6cc(C(F)(F)F)ccc6Cl)o3)CC(O)CCC5(C)C4CCC21C)S(C)(=O)=O. The number of benzene rings is 1. The van der Waals surface area contributed by atoms with Gasteiger partial charge in [-0.1, -0.05) is 50.6 Å². The number of rotatable bonds is 8. The van der Waals surface area contributed by atoms with E-state index in [1.165, 1.54) is 22.7 Å². The maximum atomic E-state index is 14.9. The highest BCUT2D eigenvalue weighted by molar-refractivity contribution is 7.88. The number of aliphatic hydroxyl groups is 2. The van der Waals surface area contributed by atoms with Crippen molar-refractivity contribution in [2.75, 3.05) is 19.3 Å². The van der Waals surface area contributed by atoms with Crippen LogP contribution in [0.5, 0.6) is 0 Å². The molecule has 2 N–H and O–H groups in total. The molecule has 272 valence electrons. The van der Waals surface area contributed by atoms with Gasteiger partial charge in [-0.05, 0) is 98.9 Å². The predicted molar refractivity (Wildman–Crippen MR) is 184 cm³/mol. The van der Waals surface area contributed by atoms with Gasteiger partial charge in [0.25, 0.3) is 0 Å². The van der Waals surface area contributed by atoms with Gasteiger partial charge in [0.1, 0.15) is 5.76 Å². The highest BCUT2D eigenvalue weighted by Gasteiger charge is 2.74. The van der Waals surface area contributed by atoms with E-state index in [9.17, 15) is 36.6 Å². The lowest BCUT2D eigenvalue weighted by Gasteiger charge is -2.71. The zero-order chi connectivity index (χ0) is 36.3. The quantitative estimate of drug-likeness (QED) is 0.210. The van der Waals surface area contributed by atoms with Crippen molar-refractivity contribution >= 4 is 27.4 Å². The lowest BCUT2D eigenvalue weighted by Crippen LogP contribution is -2.67. The molecule has 7 nitrogen and oxygen atoms in total. The van der Waals surface area contributed by atoms with Crippen LogP contribution in [0.25, 0.3) is 11.3 Å². The van der Waals surface area contributed by atoms with Gasteiger partial charge < -0.3 is 14.6 Å². The van der Waals surface area contributed by atoms with Crippen molar-refractivity contribution in [3.63, 3.8) is 0 Å². The fourth-order valence-electron chi connectivity index (χ4n) is 11.1. The number of alkyl halides is 3. The van der Waals surface area contributed by atoms with E-state index in [1.54, 1.807) is 0 Å².